The van der Waals surface area contributed by atoms with Crippen molar-refractivity contribution < 1.29 is 14.7 Å². The monoisotopic (exact) mass is 329 g/mol. The zero-order valence-corrected chi connectivity index (χ0v) is 13.6. The van der Waals surface area contributed by atoms with Crippen LogP contribution in [0.5, 0.6) is 5.75 Å². The number of hydrogen-bond donors (Lipinski definition) is 2. The lowest BCUT2D eigenvalue weighted by molar-refractivity contribution is -0.152. The van der Waals surface area contributed by atoms with Gasteiger partial charge in [-0.15, -0.1) is 0 Å². The predicted molar refractivity (Wildman–Crippen MR) is 88.4 cm³/mol. The molecule has 0 spiro atoms. The quantitative estimate of drug-likeness (QED) is 0.836. The third-order valence-corrected chi connectivity index (χ3v) is 5.25. The molecule has 24 heavy (non-hydrogen) atoms. The number of aromatic hydroxyl groups is 1. The molecule has 1 aliphatic carbocycles. The number of nitrogens with zero attached hydrogens (tertiary/aromatic N) is 2. The second-order valence-electron chi connectivity index (χ2n) is 7.18. The van der Waals surface area contributed by atoms with E-state index in [9.17, 15) is 14.7 Å². The van der Waals surface area contributed by atoms with Gasteiger partial charge in [0.05, 0.1) is 0 Å². The fourth-order valence-electron chi connectivity index (χ4n) is 3.69. The normalized spacial score (nSPS) is 27.8. The van der Waals surface area contributed by atoms with Gasteiger partial charge in [0.25, 0.3) is 0 Å². The minimum Gasteiger partial charge on any atom is -0.508 e. The van der Waals surface area contributed by atoms with E-state index in [-0.39, 0.29) is 23.6 Å². The highest BCUT2D eigenvalue weighted by Gasteiger charge is 2.43. The zero-order valence-electron chi connectivity index (χ0n) is 13.6. The van der Waals surface area contributed by atoms with E-state index in [4.69, 9.17) is 0 Å². The van der Waals surface area contributed by atoms with Gasteiger partial charge >= 0.3 is 0 Å². The number of phenols is 1. The second-order valence-corrected chi connectivity index (χ2v) is 7.18. The van der Waals surface area contributed by atoms with E-state index < -0.39 is 6.04 Å². The smallest absolute Gasteiger partial charge is 0.246 e. The first-order valence-electron chi connectivity index (χ1n) is 8.71. The summed E-state index contributed by atoms with van der Waals surface area (Å²) in [5.74, 6) is 0.961. The lowest BCUT2D eigenvalue weighted by atomic mass is 9.98. The van der Waals surface area contributed by atoms with Crippen LogP contribution in [0.2, 0.25) is 0 Å². The van der Waals surface area contributed by atoms with E-state index in [1.807, 2.05) is 0 Å². The number of carbonyl (C=O) groups is 2. The summed E-state index contributed by atoms with van der Waals surface area (Å²) in [6, 6.07) is 5.92. The molecule has 2 atom stereocenters. The highest BCUT2D eigenvalue weighted by Crippen LogP contribution is 2.30. The standard InChI is InChI=1S/C18H23N3O3/c22-14-5-3-12(4-6-14)9-15-18(24)21-8-7-20(10-13-1-2-13)11-16(21)17(23)19-15/h3-6,13,15-16,22H,1-2,7-11H2,(H,19,23)/t15-,16-/m1/s1. The van der Waals surface area contributed by atoms with Gasteiger partial charge in [0.1, 0.15) is 17.8 Å². The number of piperazine rings is 2. The Hall–Kier alpha value is -2.08. The van der Waals surface area contributed by atoms with Crippen LogP contribution in [-0.2, 0) is 16.0 Å². The molecule has 3 aliphatic rings. The highest BCUT2D eigenvalue weighted by atomic mass is 16.3. The molecule has 2 aliphatic heterocycles. The fourth-order valence-corrected chi connectivity index (χ4v) is 3.69. The van der Waals surface area contributed by atoms with E-state index >= 15 is 0 Å². The van der Waals surface area contributed by atoms with Crippen LogP contribution >= 0.6 is 0 Å². The molecule has 6 nitrogen and oxygen atoms in total. The molecule has 1 aromatic rings. The Morgan fingerprint density at radius 3 is 2.58 bits per heavy atom. The molecule has 2 N–H and O–H groups in total. The molecule has 0 unspecified atom stereocenters. The molecular formula is C18H23N3O3. The molecule has 2 amide bonds. The molecule has 2 saturated heterocycles. The van der Waals surface area contributed by atoms with E-state index in [1.54, 1.807) is 29.2 Å². The minimum absolute atomic E-state index is 0.0127. The Kier molecular flexibility index (Phi) is 3.92. The van der Waals surface area contributed by atoms with Gasteiger partial charge in [0.2, 0.25) is 11.8 Å². The van der Waals surface area contributed by atoms with Crippen LogP contribution in [-0.4, -0.2) is 65.0 Å². The third-order valence-electron chi connectivity index (χ3n) is 5.25. The maximum absolute atomic E-state index is 12.8. The van der Waals surface area contributed by atoms with Gasteiger partial charge in [-0.3, -0.25) is 14.5 Å². The van der Waals surface area contributed by atoms with Gasteiger partial charge in [-0.2, -0.15) is 0 Å². The minimum atomic E-state index is -0.506. The molecular weight excluding hydrogens is 306 g/mol. The number of carbonyl (C=O) groups excluding carboxylic acids is 2. The van der Waals surface area contributed by atoms with Crippen molar-refractivity contribution >= 4 is 11.8 Å². The molecule has 1 saturated carbocycles. The number of hydrogen-bond acceptors (Lipinski definition) is 4. The SMILES string of the molecule is O=C1N[C@H](Cc2ccc(O)cc2)C(=O)N2CCN(CC3CC3)C[C@H]12. The Balaban J connectivity index is 1.42. The van der Waals surface area contributed by atoms with Crippen molar-refractivity contribution in [2.75, 3.05) is 26.2 Å². The molecule has 128 valence electrons. The van der Waals surface area contributed by atoms with Crippen molar-refractivity contribution in [1.82, 2.24) is 15.1 Å². The summed E-state index contributed by atoms with van der Waals surface area (Å²) in [5.41, 5.74) is 0.928. The van der Waals surface area contributed by atoms with Gasteiger partial charge in [-0.1, -0.05) is 12.1 Å². The van der Waals surface area contributed by atoms with E-state index in [2.05, 4.69) is 10.2 Å². The molecule has 1 aromatic carbocycles. The summed E-state index contributed by atoms with van der Waals surface area (Å²) < 4.78 is 0. The third kappa shape index (κ3) is 3.11. The van der Waals surface area contributed by atoms with Crippen LogP contribution in [0.3, 0.4) is 0 Å². The van der Waals surface area contributed by atoms with Gasteiger partial charge in [-0.25, -0.2) is 0 Å². The molecule has 0 aromatic heterocycles. The van der Waals surface area contributed by atoms with Gasteiger partial charge in [0, 0.05) is 32.6 Å². The molecule has 0 radical (unpaired) electrons. The summed E-state index contributed by atoms with van der Waals surface area (Å²) in [6.45, 7) is 3.20. The Bertz CT molecular complexity index is 641. The number of fused-ring (bicyclic) bond motifs is 1. The van der Waals surface area contributed by atoms with Crippen LogP contribution in [0.25, 0.3) is 0 Å². The Morgan fingerprint density at radius 1 is 1.12 bits per heavy atom. The van der Waals surface area contributed by atoms with Crippen molar-refractivity contribution in [2.45, 2.75) is 31.3 Å². The average molecular weight is 329 g/mol. The number of phenolic OH excluding ortho intramolecular Hbond substituents is 1. The van der Waals surface area contributed by atoms with Crippen molar-refractivity contribution in [3.63, 3.8) is 0 Å². The van der Waals surface area contributed by atoms with Crippen LogP contribution in [0.1, 0.15) is 18.4 Å². The molecule has 3 fully saturated rings. The topological polar surface area (TPSA) is 72.9 Å². The van der Waals surface area contributed by atoms with Crippen LogP contribution in [0.4, 0.5) is 0 Å². The predicted octanol–water partition coefficient (Wildman–Crippen LogP) is 0.356. The van der Waals surface area contributed by atoms with Crippen LogP contribution < -0.4 is 5.32 Å². The lowest BCUT2D eigenvalue weighted by Crippen LogP contribution is -2.69. The Morgan fingerprint density at radius 2 is 1.88 bits per heavy atom. The number of amides is 2. The fraction of sp³-hybridized carbons (Fsp3) is 0.556. The second kappa shape index (κ2) is 6.09. The lowest BCUT2D eigenvalue weighted by Gasteiger charge is -2.45. The van der Waals surface area contributed by atoms with Gasteiger partial charge in [0.15, 0.2) is 0 Å². The van der Waals surface area contributed by atoms with E-state index in [0.29, 0.717) is 19.5 Å². The summed E-state index contributed by atoms with van der Waals surface area (Å²) >= 11 is 0. The number of rotatable bonds is 4. The maximum atomic E-state index is 12.8. The summed E-state index contributed by atoms with van der Waals surface area (Å²) in [7, 11) is 0. The van der Waals surface area contributed by atoms with Crippen LogP contribution in [0.15, 0.2) is 24.3 Å². The Labute approximate surface area is 141 Å². The van der Waals surface area contributed by atoms with Gasteiger partial charge < -0.3 is 15.3 Å². The van der Waals surface area contributed by atoms with E-state index in [0.717, 1.165) is 24.6 Å². The first-order chi connectivity index (χ1) is 11.6. The number of nitrogens with one attached hydrogen (secondary N) is 1. The zero-order chi connectivity index (χ0) is 16.7. The summed E-state index contributed by atoms with van der Waals surface area (Å²) in [6.07, 6.45) is 3.05. The van der Waals surface area contributed by atoms with Crippen molar-refractivity contribution in [3.05, 3.63) is 29.8 Å². The van der Waals surface area contributed by atoms with Gasteiger partial charge in [-0.05, 0) is 36.5 Å². The molecule has 2 heterocycles. The summed E-state index contributed by atoms with van der Waals surface area (Å²) in [5, 5.41) is 12.3. The largest absolute Gasteiger partial charge is 0.508 e. The first-order valence-corrected chi connectivity index (χ1v) is 8.71. The molecule has 0 bridgehead atoms. The van der Waals surface area contributed by atoms with Crippen molar-refractivity contribution in [3.8, 4) is 5.75 Å². The van der Waals surface area contributed by atoms with Crippen molar-refractivity contribution in [2.24, 2.45) is 5.92 Å². The molecule has 6 heteroatoms. The van der Waals surface area contributed by atoms with Crippen molar-refractivity contribution in [1.29, 1.82) is 0 Å². The highest BCUT2D eigenvalue weighted by molar-refractivity contribution is 5.97. The first kappa shape index (κ1) is 15.4. The number of benzene rings is 1. The van der Waals surface area contributed by atoms with Crippen LogP contribution in [0, 0.1) is 5.92 Å². The summed E-state index contributed by atoms with van der Waals surface area (Å²) in [4.78, 5) is 29.3. The molecule has 4 rings (SSSR count). The maximum Gasteiger partial charge on any atom is 0.246 e. The van der Waals surface area contributed by atoms with E-state index in [1.165, 1.54) is 12.8 Å². The average Bonchev–Trinajstić information content (AvgIpc) is 3.38.